The average Bonchev–Trinajstić information content (AvgIpc) is 3.60. The van der Waals surface area contributed by atoms with Crippen LogP contribution < -0.4 is 4.74 Å². The van der Waals surface area contributed by atoms with E-state index in [1.807, 2.05) is 18.2 Å². The molecule has 12 heteroatoms. The molecular formula is C25H25N7O5. The highest BCUT2D eigenvalue weighted by Gasteiger charge is 2.31. The highest BCUT2D eigenvalue weighted by molar-refractivity contribution is 6.45. The van der Waals surface area contributed by atoms with Crippen LogP contribution in [0.2, 0.25) is 0 Å². The second-order valence-electron chi connectivity index (χ2n) is 8.42. The summed E-state index contributed by atoms with van der Waals surface area (Å²) in [5.41, 5.74) is 1.23. The van der Waals surface area contributed by atoms with Crippen LogP contribution in [0, 0.1) is 0 Å². The molecule has 1 aromatic carbocycles. The largest absolute Gasteiger partial charge is 0.494 e. The van der Waals surface area contributed by atoms with Crippen molar-refractivity contribution >= 4 is 28.5 Å². The fourth-order valence-electron chi connectivity index (χ4n) is 4.34. The van der Waals surface area contributed by atoms with E-state index in [0.29, 0.717) is 46.9 Å². The predicted molar refractivity (Wildman–Crippen MR) is 132 cm³/mol. The number of fused-ring (bicyclic) bond motifs is 1. The molecule has 12 nitrogen and oxygen atoms in total. The summed E-state index contributed by atoms with van der Waals surface area (Å²) < 4.78 is 12.0. The summed E-state index contributed by atoms with van der Waals surface area (Å²) in [5.74, 6) is -0.213. The number of piperazine rings is 1. The first kappa shape index (κ1) is 24.1. The minimum atomic E-state index is -0.678. The molecule has 2 amide bonds. The molecule has 3 aromatic heterocycles. The third-order valence-corrected chi connectivity index (χ3v) is 6.22. The van der Waals surface area contributed by atoms with Gasteiger partial charge in [0.25, 0.3) is 17.6 Å². The number of carbonyl (C=O) groups excluding carboxylic acids is 3. The fourth-order valence-corrected chi connectivity index (χ4v) is 4.34. The van der Waals surface area contributed by atoms with Crippen LogP contribution in [0.5, 0.6) is 5.75 Å². The number of nitrogens with one attached hydrogen (secondary N) is 1. The number of H-pyrrole nitrogens is 1. The molecule has 4 heterocycles. The number of aromatic nitrogens is 5. The molecule has 0 bridgehead atoms. The Morgan fingerprint density at radius 1 is 1.00 bits per heavy atom. The van der Waals surface area contributed by atoms with Gasteiger partial charge < -0.3 is 24.3 Å². The van der Waals surface area contributed by atoms with E-state index >= 15 is 0 Å². The molecule has 0 unspecified atom stereocenters. The number of methoxy groups -OCH3 is 2. The molecule has 0 spiro atoms. The Kier molecular flexibility index (Phi) is 6.64. The summed E-state index contributed by atoms with van der Waals surface area (Å²) in [6.07, 6.45) is 4.44. The van der Waals surface area contributed by atoms with Crippen molar-refractivity contribution in [2.45, 2.75) is 6.61 Å². The zero-order valence-corrected chi connectivity index (χ0v) is 20.4. The maximum Gasteiger partial charge on any atom is 0.295 e. The Balaban J connectivity index is 1.36. The molecule has 0 radical (unpaired) electrons. The molecule has 4 aromatic rings. The van der Waals surface area contributed by atoms with Crippen molar-refractivity contribution in [2.24, 2.45) is 0 Å². The zero-order chi connectivity index (χ0) is 25.9. The summed E-state index contributed by atoms with van der Waals surface area (Å²) >= 11 is 0. The van der Waals surface area contributed by atoms with Gasteiger partial charge >= 0.3 is 0 Å². The van der Waals surface area contributed by atoms with Gasteiger partial charge in [-0.1, -0.05) is 18.2 Å². The van der Waals surface area contributed by atoms with Crippen LogP contribution in [0.4, 0.5) is 0 Å². The number of amides is 2. The van der Waals surface area contributed by atoms with E-state index < -0.39 is 11.7 Å². The quantitative estimate of drug-likeness (QED) is 0.296. The number of ketones is 1. The number of ether oxygens (including phenoxy) is 2. The lowest BCUT2D eigenvalue weighted by Gasteiger charge is -2.34. The van der Waals surface area contributed by atoms with Gasteiger partial charge in [0.15, 0.2) is 11.6 Å². The SMILES string of the molecule is COCc1ncn(-c2ncc(OC)c3c(C(=O)C(=O)N4CCN(C(=O)c5ccccc5)CC4)c[nH]c23)n1. The summed E-state index contributed by atoms with van der Waals surface area (Å²) in [6, 6.07) is 8.98. The lowest BCUT2D eigenvalue weighted by molar-refractivity contribution is -0.127. The number of carbonyl (C=O) groups is 3. The number of rotatable bonds is 7. The Hall–Kier alpha value is -4.58. The van der Waals surface area contributed by atoms with E-state index in [4.69, 9.17) is 9.47 Å². The second-order valence-corrected chi connectivity index (χ2v) is 8.42. The minimum Gasteiger partial charge on any atom is -0.494 e. The van der Waals surface area contributed by atoms with Crippen molar-refractivity contribution in [1.29, 1.82) is 0 Å². The van der Waals surface area contributed by atoms with E-state index in [2.05, 4.69) is 20.1 Å². The van der Waals surface area contributed by atoms with Crippen molar-refractivity contribution in [3.63, 3.8) is 0 Å². The van der Waals surface area contributed by atoms with Crippen LogP contribution in [-0.4, -0.2) is 92.5 Å². The van der Waals surface area contributed by atoms with E-state index in [1.165, 1.54) is 35.4 Å². The third-order valence-electron chi connectivity index (χ3n) is 6.22. The number of benzene rings is 1. The Labute approximate surface area is 211 Å². The minimum absolute atomic E-state index is 0.0952. The van der Waals surface area contributed by atoms with Crippen LogP contribution in [0.15, 0.2) is 49.1 Å². The van der Waals surface area contributed by atoms with Gasteiger partial charge in [-0.3, -0.25) is 14.4 Å². The van der Waals surface area contributed by atoms with Crippen molar-refractivity contribution in [2.75, 3.05) is 40.4 Å². The van der Waals surface area contributed by atoms with Crippen LogP contribution in [0.3, 0.4) is 0 Å². The summed E-state index contributed by atoms with van der Waals surface area (Å²) in [5, 5.41) is 4.77. The molecule has 0 saturated carbocycles. The number of hydrogen-bond acceptors (Lipinski definition) is 8. The van der Waals surface area contributed by atoms with E-state index in [0.717, 1.165) is 0 Å². The van der Waals surface area contributed by atoms with Gasteiger partial charge in [0.1, 0.15) is 18.7 Å². The van der Waals surface area contributed by atoms with Crippen LogP contribution in [0.1, 0.15) is 26.5 Å². The van der Waals surface area contributed by atoms with Gasteiger partial charge in [-0.2, -0.15) is 0 Å². The molecule has 5 rings (SSSR count). The fraction of sp³-hybridized carbons (Fsp3) is 0.280. The van der Waals surface area contributed by atoms with Crippen molar-refractivity contribution in [3.05, 3.63) is 66.0 Å². The van der Waals surface area contributed by atoms with Gasteiger partial charge in [0, 0.05) is 45.0 Å². The van der Waals surface area contributed by atoms with Gasteiger partial charge in [-0.05, 0) is 12.1 Å². The highest BCUT2D eigenvalue weighted by Crippen LogP contribution is 2.32. The molecule has 1 saturated heterocycles. The van der Waals surface area contributed by atoms with Crippen LogP contribution in [0.25, 0.3) is 16.7 Å². The molecule has 190 valence electrons. The highest BCUT2D eigenvalue weighted by atomic mass is 16.5. The van der Waals surface area contributed by atoms with Crippen molar-refractivity contribution in [3.8, 4) is 11.6 Å². The second kappa shape index (κ2) is 10.2. The van der Waals surface area contributed by atoms with E-state index in [-0.39, 0.29) is 31.2 Å². The molecule has 0 atom stereocenters. The van der Waals surface area contributed by atoms with Crippen LogP contribution >= 0.6 is 0 Å². The molecule has 1 aliphatic heterocycles. The van der Waals surface area contributed by atoms with E-state index in [9.17, 15) is 14.4 Å². The number of aromatic amines is 1. The smallest absolute Gasteiger partial charge is 0.295 e. The van der Waals surface area contributed by atoms with E-state index in [1.54, 1.807) is 24.1 Å². The molecule has 37 heavy (non-hydrogen) atoms. The van der Waals surface area contributed by atoms with Gasteiger partial charge in [-0.15, -0.1) is 5.10 Å². The summed E-state index contributed by atoms with van der Waals surface area (Å²) in [4.78, 5) is 54.0. The normalized spacial score (nSPS) is 13.7. The van der Waals surface area contributed by atoms with Crippen LogP contribution in [-0.2, 0) is 16.1 Å². The van der Waals surface area contributed by atoms with Gasteiger partial charge in [0.2, 0.25) is 0 Å². The molecular weight excluding hydrogens is 478 g/mol. The van der Waals surface area contributed by atoms with Gasteiger partial charge in [0.05, 0.1) is 29.8 Å². The molecule has 1 N–H and O–H groups in total. The Morgan fingerprint density at radius 2 is 1.73 bits per heavy atom. The third kappa shape index (κ3) is 4.54. The molecule has 0 aliphatic carbocycles. The lowest BCUT2D eigenvalue weighted by atomic mass is 10.1. The topological polar surface area (TPSA) is 136 Å². The first-order chi connectivity index (χ1) is 18.0. The van der Waals surface area contributed by atoms with Crippen molar-refractivity contribution in [1.82, 2.24) is 34.5 Å². The molecule has 1 aliphatic rings. The first-order valence-corrected chi connectivity index (χ1v) is 11.6. The number of nitrogens with zero attached hydrogens (tertiary/aromatic N) is 6. The summed E-state index contributed by atoms with van der Waals surface area (Å²) in [6.45, 7) is 1.44. The monoisotopic (exact) mass is 503 g/mol. The van der Waals surface area contributed by atoms with Crippen molar-refractivity contribution < 1.29 is 23.9 Å². The first-order valence-electron chi connectivity index (χ1n) is 11.6. The summed E-state index contributed by atoms with van der Waals surface area (Å²) in [7, 11) is 3.01. The zero-order valence-electron chi connectivity index (χ0n) is 20.4. The average molecular weight is 504 g/mol. The number of pyridine rings is 1. The number of hydrogen-bond donors (Lipinski definition) is 1. The Morgan fingerprint density at radius 3 is 2.43 bits per heavy atom. The standard InChI is InChI=1S/C25H25N7O5/c1-36-14-19-28-15-32(29-19)23-21-20(18(37-2)13-27-23)17(12-26-21)22(33)25(35)31-10-8-30(9-11-31)24(34)16-6-4-3-5-7-16/h3-7,12-13,15,26H,8-11,14H2,1-2H3. The van der Waals surface area contributed by atoms with Gasteiger partial charge in [-0.25, -0.2) is 14.6 Å². The molecule has 1 fully saturated rings. The predicted octanol–water partition coefficient (Wildman–Crippen LogP) is 1.47. The lowest BCUT2D eigenvalue weighted by Crippen LogP contribution is -2.52. The Bertz CT molecular complexity index is 1450. The number of Topliss-reactive ketones (excluding diaryl/α,β-unsaturated/α-hetero) is 1. The maximum atomic E-state index is 13.3. The maximum absolute atomic E-state index is 13.3.